The maximum Gasteiger partial charge on any atom is 0.280 e. The summed E-state index contributed by atoms with van der Waals surface area (Å²) in [7, 11) is 0. The fourth-order valence-electron chi connectivity index (χ4n) is 4.73. The molecule has 2 aliphatic rings. The first-order valence-electron chi connectivity index (χ1n) is 11.0. The molecule has 0 spiro atoms. The summed E-state index contributed by atoms with van der Waals surface area (Å²) >= 11 is 0. The normalized spacial score (nSPS) is 22.0. The van der Waals surface area contributed by atoms with Gasteiger partial charge >= 0.3 is 0 Å². The lowest BCUT2D eigenvalue weighted by Crippen LogP contribution is -2.89. The van der Waals surface area contributed by atoms with Crippen LogP contribution in [0.4, 0.5) is 0 Å². The number of hydrogen-bond donors (Lipinski definition) is 2. The van der Waals surface area contributed by atoms with E-state index in [0.29, 0.717) is 32.4 Å². The number of carbonyl (C=O) groups excluding carboxylic acids is 3. The van der Waals surface area contributed by atoms with Gasteiger partial charge in [0.2, 0.25) is 5.91 Å². The first kappa shape index (κ1) is 22.3. The molecule has 2 atom stereocenters. The van der Waals surface area contributed by atoms with E-state index in [2.05, 4.69) is 10.6 Å². The number of carbonyl (C=O) groups is 3. The van der Waals surface area contributed by atoms with E-state index in [9.17, 15) is 19.5 Å². The zero-order chi connectivity index (χ0) is 21.7. The van der Waals surface area contributed by atoms with Crippen LogP contribution in [-0.4, -0.2) is 54.4 Å². The minimum atomic E-state index is -1.26. The van der Waals surface area contributed by atoms with Crippen molar-refractivity contribution in [3.05, 3.63) is 35.9 Å². The van der Waals surface area contributed by atoms with Gasteiger partial charge in [0, 0.05) is 25.9 Å². The third kappa shape index (κ3) is 4.83. The van der Waals surface area contributed by atoms with Gasteiger partial charge in [-0.15, -0.1) is 0 Å². The van der Waals surface area contributed by atoms with Gasteiger partial charge in [0.05, 0.1) is 24.0 Å². The summed E-state index contributed by atoms with van der Waals surface area (Å²) in [6, 6.07) is 8.48. The van der Waals surface area contributed by atoms with Crippen LogP contribution in [0.25, 0.3) is 0 Å². The number of benzene rings is 1. The van der Waals surface area contributed by atoms with Crippen LogP contribution in [0.3, 0.4) is 0 Å². The second-order valence-electron chi connectivity index (χ2n) is 9.02. The molecule has 0 aliphatic carbocycles. The molecule has 0 unspecified atom stereocenters. The number of amides is 2. The molecular formula is C23H33N3O4. The Balaban J connectivity index is 1.79. The highest BCUT2D eigenvalue weighted by molar-refractivity contribution is 5.92. The lowest BCUT2D eigenvalue weighted by molar-refractivity contribution is -0.658. The fourth-order valence-corrected chi connectivity index (χ4v) is 4.73. The van der Waals surface area contributed by atoms with Crippen LogP contribution in [-0.2, 0) is 19.8 Å². The number of aliphatic carboxylic acids is 1. The van der Waals surface area contributed by atoms with Crippen molar-refractivity contribution in [2.24, 2.45) is 5.92 Å². The van der Waals surface area contributed by atoms with Gasteiger partial charge in [0.1, 0.15) is 0 Å². The third-order valence-electron chi connectivity index (χ3n) is 6.47. The molecule has 3 rings (SSSR count). The molecule has 3 N–H and O–H groups in total. The zero-order valence-corrected chi connectivity index (χ0v) is 17.9. The van der Waals surface area contributed by atoms with Crippen LogP contribution < -0.4 is 15.7 Å². The lowest BCUT2D eigenvalue weighted by atomic mass is 9.71. The van der Waals surface area contributed by atoms with Gasteiger partial charge in [-0.05, 0) is 30.7 Å². The third-order valence-corrected chi connectivity index (χ3v) is 6.47. The van der Waals surface area contributed by atoms with Gasteiger partial charge in [-0.1, -0.05) is 44.2 Å². The number of rotatable bonds is 7. The molecule has 0 bridgehead atoms. The highest BCUT2D eigenvalue weighted by atomic mass is 16.4. The van der Waals surface area contributed by atoms with Gasteiger partial charge in [-0.2, -0.15) is 0 Å². The second-order valence-corrected chi connectivity index (χ2v) is 9.02. The SMILES string of the molecule is CC(C)C[C@H](NC(=O)C1(c2ccccc2)CCN(C(=O)[C@@H]2CCC[NH2+]2)CC1)C(=O)[O-]. The molecule has 2 fully saturated rings. The number of likely N-dealkylation sites (tertiary alicyclic amines) is 1. The van der Waals surface area contributed by atoms with Crippen molar-refractivity contribution in [2.45, 2.75) is 63.5 Å². The molecule has 30 heavy (non-hydrogen) atoms. The highest BCUT2D eigenvalue weighted by Gasteiger charge is 2.45. The summed E-state index contributed by atoms with van der Waals surface area (Å²) in [5, 5.41) is 16.4. The van der Waals surface area contributed by atoms with E-state index in [1.165, 1.54) is 0 Å². The summed E-state index contributed by atoms with van der Waals surface area (Å²) in [5.74, 6) is -1.28. The summed E-state index contributed by atoms with van der Waals surface area (Å²) < 4.78 is 0. The van der Waals surface area contributed by atoms with Crippen molar-refractivity contribution < 1.29 is 24.8 Å². The molecule has 2 aliphatic heterocycles. The molecule has 2 amide bonds. The summed E-state index contributed by atoms with van der Waals surface area (Å²) in [6.45, 7) is 5.80. The number of nitrogens with zero attached hydrogens (tertiary/aromatic N) is 1. The number of quaternary nitrogens is 1. The molecule has 1 aromatic rings. The van der Waals surface area contributed by atoms with Gasteiger partial charge in [-0.3, -0.25) is 9.59 Å². The van der Waals surface area contributed by atoms with Crippen molar-refractivity contribution >= 4 is 17.8 Å². The van der Waals surface area contributed by atoms with E-state index < -0.39 is 17.4 Å². The number of carboxylic acids is 1. The van der Waals surface area contributed by atoms with Crippen LogP contribution in [0.5, 0.6) is 0 Å². The van der Waals surface area contributed by atoms with Crippen molar-refractivity contribution in [2.75, 3.05) is 19.6 Å². The van der Waals surface area contributed by atoms with Crippen molar-refractivity contribution in [1.29, 1.82) is 0 Å². The quantitative estimate of drug-likeness (QED) is 0.629. The average Bonchev–Trinajstić information content (AvgIpc) is 3.28. The smallest absolute Gasteiger partial charge is 0.280 e. The highest BCUT2D eigenvalue weighted by Crippen LogP contribution is 2.36. The monoisotopic (exact) mass is 415 g/mol. The Morgan fingerprint density at radius 1 is 1.20 bits per heavy atom. The Morgan fingerprint density at radius 3 is 2.40 bits per heavy atom. The van der Waals surface area contributed by atoms with Crippen molar-refractivity contribution in [1.82, 2.24) is 10.2 Å². The first-order valence-corrected chi connectivity index (χ1v) is 11.0. The van der Waals surface area contributed by atoms with Crippen LogP contribution >= 0.6 is 0 Å². The molecule has 2 heterocycles. The Hall–Kier alpha value is -2.41. The van der Waals surface area contributed by atoms with E-state index in [1.54, 1.807) is 0 Å². The molecule has 0 saturated carbocycles. The van der Waals surface area contributed by atoms with E-state index in [4.69, 9.17) is 0 Å². The first-order chi connectivity index (χ1) is 14.3. The Labute approximate surface area is 178 Å². The molecule has 0 radical (unpaired) electrons. The second kappa shape index (κ2) is 9.60. The maximum absolute atomic E-state index is 13.4. The van der Waals surface area contributed by atoms with Gasteiger partial charge in [0.15, 0.2) is 6.04 Å². The largest absolute Gasteiger partial charge is 0.548 e. The topological polar surface area (TPSA) is 106 Å². The predicted octanol–water partition coefficient (Wildman–Crippen LogP) is -0.447. The fraction of sp³-hybridized carbons (Fsp3) is 0.609. The Kier molecular flexibility index (Phi) is 7.13. The lowest BCUT2D eigenvalue weighted by Gasteiger charge is -2.42. The van der Waals surface area contributed by atoms with Crippen molar-refractivity contribution in [3.63, 3.8) is 0 Å². The minimum absolute atomic E-state index is 0.00319. The molecule has 0 aromatic heterocycles. The molecule has 7 nitrogen and oxygen atoms in total. The van der Waals surface area contributed by atoms with Crippen molar-refractivity contribution in [3.8, 4) is 0 Å². The summed E-state index contributed by atoms with van der Waals surface area (Å²) in [4.78, 5) is 39.7. The van der Waals surface area contributed by atoms with Gasteiger partial charge in [-0.25, -0.2) is 0 Å². The average molecular weight is 416 g/mol. The number of carboxylic acid groups (broad SMARTS) is 1. The maximum atomic E-state index is 13.4. The van der Waals surface area contributed by atoms with E-state index >= 15 is 0 Å². The Morgan fingerprint density at radius 2 is 1.87 bits per heavy atom. The number of nitrogens with one attached hydrogen (secondary N) is 1. The van der Waals surface area contributed by atoms with E-state index in [1.807, 2.05) is 49.1 Å². The Bertz CT molecular complexity index is 751. The standard InChI is InChI=1S/C23H33N3O4/c1-16(2)15-19(21(28)29)25-22(30)23(17-7-4-3-5-8-17)10-13-26(14-11-23)20(27)18-9-6-12-24-18/h3-5,7-8,16,18-19,24H,6,9-15H2,1-2H3,(H,25,30)(H,28,29)/t18-,19-/m0/s1. The van der Waals surface area contributed by atoms with Crippen LogP contribution in [0.2, 0.25) is 0 Å². The van der Waals surface area contributed by atoms with Crippen LogP contribution in [0.1, 0.15) is 51.5 Å². The molecule has 164 valence electrons. The number of piperidine rings is 1. The van der Waals surface area contributed by atoms with Gasteiger partial charge in [0.25, 0.3) is 5.91 Å². The summed E-state index contributed by atoms with van der Waals surface area (Å²) in [5.41, 5.74) is 0.0194. The molecule has 2 saturated heterocycles. The number of hydrogen-bond acceptors (Lipinski definition) is 4. The molecule has 7 heteroatoms. The molecule has 1 aromatic carbocycles. The summed E-state index contributed by atoms with van der Waals surface area (Å²) in [6.07, 6.45) is 3.23. The predicted molar refractivity (Wildman–Crippen MR) is 110 cm³/mol. The number of nitrogens with two attached hydrogens (primary N) is 1. The van der Waals surface area contributed by atoms with Gasteiger partial charge < -0.3 is 25.4 Å². The molecular weight excluding hydrogens is 382 g/mol. The van der Waals surface area contributed by atoms with E-state index in [-0.39, 0.29) is 23.8 Å². The van der Waals surface area contributed by atoms with Crippen LogP contribution in [0.15, 0.2) is 30.3 Å². The van der Waals surface area contributed by atoms with E-state index in [0.717, 1.165) is 24.9 Å². The van der Waals surface area contributed by atoms with Crippen LogP contribution in [0, 0.1) is 5.92 Å². The zero-order valence-electron chi connectivity index (χ0n) is 17.9. The minimum Gasteiger partial charge on any atom is -0.548 e.